The molecule has 0 unspecified atom stereocenters. The molecule has 2 aromatic rings. The molecule has 0 bridgehead atoms. The van der Waals surface area contributed by atoms with E-state index in [1.54, 1.807) is 11.3 Å². The molecule has 0 atom stereocenters. The van der Waals surface area contributed by atoms with Crippen molar-refractivity contribution in [2.45, 2.75) is 42.9 Å². The van der Waals surface area contributed by atoms with Gasteiger partial charge in [-0.15, -0.1) is 47.1 Å². The molecule has 142 valence electrons. The van der Waals surface area contributed by atoms with Crippen molar-refractivity contribution in [3.05, 3.63) is 46.4 Å². The van der Waals surface area contributed by atoms with Gasteiger partial charge in [-0.05, 0) is 38.8 Å². The molecule has 0 saturated heterocycles. The van der Waals surface area contributed by atoms with Crippen LogP contribution in [0.15, 0.2) is 45.6 Å². The Labute approximate surface area is 181 Å². The van der Waals surface area contributed by atoms with E-state index in [1.165, 1.54) is 17.7 Å². The first-order valence-electron chi connectivity index (χ1n) is 8.75. The van der Waals surface area contributed by atoms with Crippen LogP contribution in [0.25, 0.3) is 0 Å². The number of halogens is 1. The number of nitrogens with one attached hydrogen (secondary N) is 1. The van der Waals surface area contributed by atoms with Gasteiger partial charge in [0, 0.05) is 28.6 Å². The Morgan fingerprint density at radius 1 is 1.35 bits per heavy atom. The lowest BCUT2D eigenvalue weighted by Gasteiger charge is -2.22. The number of thioether (sulfide) groups is 1. The van der Waals surface area contributed by atoms with E-state index in [2.05, 4.69) is 64.9 Å². The number of aromatic nitrogens is 1. The van der Waals surface area contributed by atoms with Crippen LogP contribution in [0.1, 0.15) is 30.5 Å². The lowest BCUT2D eigenvalue weighted by molar-refractivity contribution is 0.470. The maximum absolute atomic E-state index is 4.93. The quantitative estimate of drug-likeness (QED) is 0.336. The molecule has 0 spiro atoms. The van der Waals surface area contributed by atoms with E-state index in [4.69, 9.17) is 4.99 Å². The molecular weight excluding hydrogens is 475 g/mol. The van der Waals surface area contributed by atoms with Crippen molar-refractivity contribution in [3.8, 4) is 0 Å². The number of hydrogen-bond acceptors (Lipinski definition) is 4. The predicted octanol–water partition coefficient (Wildman–Crippen LogP) is 4.79. The van der Waals surface area contributed by atoms with Crippen molar-refractivity contribution in [3.63, 3.8) is 0 Å². The lowest BCUT2D eigenvalue weighted by Crippen LogP contribution is -2.39. The third-order valence-corrected chi connectivity index (χ3v) is 6.46. The lowest BCUT2D eigenvalue weighted by atomic mass is 10.4. The fourth-order valence-electron chi connectivity index (χ4n) is 2.66. The maximum atomic E-state index is 4.93. The molecule has 26 heavy (non-hydrogen) atoms. The molecular formula is C19H27IN4S2. The van der Waals surface area contributed by atoms with Crippen molar-refractivity contribution >= 4 is 53.0 Å². The Morgan fingerprint density at radius 3 is 2.65 bits per heavy atom. The van der Waals surface area contributed by atoms with Crippen LogP contribution in [0, 0.1) is 6.92 Å². The molecule has 0 radical (unpaired) electrons. The number of guanidine groups is 1. The first-order chi connectivity index (χ1) is 12.1. The second-order valence-electron chi connectivity index (χ2n) is 6.48. The Hall–Kier alpha value is -0.800. The Morgan fingerprint density at radius 2 is 2.08 bits per heavy atom. The zero-order valence-electron chi connectivity index (χ0n) is 15.6. The number of benzene rings is 1. The highest BCUT2D eigenvalue weighted by atomic mass is 127. The standard InChI is InChI=1S/C19H26N4S2.HI/c1-4-20-18(23(3)12-16-13-24-15(2)22-16)21-14-19(10-11-19)25-17-8-6-5-7-9-17;/h5-9,13H,4,10-12,14H2,1-3H3,(H,20,21);1H. The van der Waals surface area contributed by atoms with E-state index in [-0.39, 0.29) is 28.7 Å². The van der Waals surface area contributed by atoms with Crippen LogP contribution in [0.5, 0.6) is 0 Å². The van der Waals surface area contributed by atoms with Crippen LogP contribution >= 0.6 is 47.1 Å². The smallest absolute Gasteiger partial charge is 0.194 e. The van der Waals surface area contributed by atoms with Gasteiger partial charge in [-0.25, -0.2) is 4.98 Å². The minimum Gasteiger partial charge on any atom is -0.357 e. The van der Waals surface area contributed by atoms with Crippen molar-refractivity contribution < 1.29 is 0 Å². The van der Waals surface area contributed by atoms with Gasteiger partial charge >= 0.3 is 0 Å². The molecule has 1 aromatic carbocycles. The predicted molar refractivity (Wildman–Crippen MR) is 124 cm³/mol. The molecule has 0 amide bonds. The number of nitrogens with zero attached hydrogens (tertiary/aromatic N) is 3. The van der Waals surface area contributed by atoms with Gasteiger partial charge in [-0.3, -0.25) is 4.99 Å². The van der Waals surface area contributed by atoms with E-state index in [9.17, 15) is 0 Å². The first-order valence-corrected chi connectivity index (χ1v) is 10.4. The fourth-order valence-corrected chi connectivity index (χ4v) is 4.49. The molecule has 1 aliphatic rings. The summed E-state index contributed by atoms with van der Waals surface area (Å²) in [5.74, 6) is 0.966. The number of rotatable bonds is 7. The molecule has 0 aliphatic heterocycles. The van der Waals surface area contributed by atoms with Crippen molar-refractivity contribution in [2.75, 3.05) is 20.1 Å². The number of aryl methyl sites for hydroxylation is 1. The monoisotopic (exact) mass is 502 g/mol. The van der Waals surface area contributed by atoms with Crippen LogP contribution in [-0.4, -0.2) is 40.7 Å². The van der Waals surface area contributed by atoms with Gasteiger partial charge in [0.15, 0.2) is 5.96 Å². The summed E-state index contributed by atoms with van der Waals surface area (Å²) in [6.45, 7) is 6.68. The van der Waals surface area contributed by atoms with Crippen molar-refractivity contribution in [1.29, 1.82) is 0 Å². The van der Waals surface area contributed by atoms with E-state index >= 15 is 0 Å². The fraction of sp³-hybridized carbons (Fsp3) is 0.474. The first kappa shape index (κ1) is 21.5. The number of thiazole rings is 1. The molecule has 7 heteroatoms. The summed E-state index contributed by atoms with van der Waals surface area (Å²) in [7, 11) is 2.08. The number of hydrogen-bond donors (Lipinski definition) is 1. The molecule has 3 rings (SSSR count). The minimum absolute atomic E-state index is 0. The molecule has 1 heterocycles. The van der Waals surface area contributed by atoms with Crippen LogP contribution < -0.4 is 5.32 Å². The molecule has 1 fully saturated rings. The highest BCUT2D eigenvalue weighted by Crippen LogP contribution is 2.51. The Bertz CT molecular complexity index is 713. The van der Waals surface area contributed by atoms with Crippen LogP contribution in [0.4, 0.5) is 0 Å². The average Bonchev–Trinajstić information content (AvgIpc) is 3.25. The maximum Gasteiger partial charge on any atom is 0.194 e. The summed E-state index contributed by atoms with van der Waals surface area (Å²) < 4.78 is 0.278. The molecule has 1 N–H and O–H groups in total. The summed E-state index contributed by atoms with van der Waals surface area (Å²) in [5.41, 5.74) is 1.11. The van der Waals surface area contributed by atoms with Gasteiger partial charge in [-0.1, -0.05) is 18.2 Å². The topological polar surface area (TPSA) is 40.5 Å². The Kier molecular flexibility index (Phi) is 8.22. The summed E-state index contributed by atoms with van der Waals surface area (Å²) in [5, 5.41) is 6.66. The average molecular weight is 502 g/mol. The second-order valence-corrected chi connectivity index (χ2v) is 9.09. The third kappa shape index (κ3) is 6.13. The summed E-state index contributed by atoms with van der Waals surface area (Å²) in [6, 6.07) is 10.7. The van der Waals surface area contributed by atoms with Crippen molar-refractivity contribution in [2.24, 2.45) is 4.99 Å². The highest BCUT2D eigenvalue weighted by molar-refractivity contribution is 14.0. The van der Waals surface area contributed by atoms with E-state index in [0.29, 0.717) is 0 Å². The second kappa shape index (κ2) is 9.94. The van der Waals surface area contributed by atoms with Crippen LogP contribution in [0.3, 0.4) is 0 Å². The third-order valence-electron chi connectivity index (χ3n) is 4.16. The van der Waals surface area contributed by atoms with Gasteiger partial charge in [0.25, 0.3) is 0 Å². The van der Waals surface area contributed by atoms with Gasteiger partial charge < -0.3 is 10.2 Å². The van der Waals surface area contributed by atoms with Crippen molar-refractivity contribution in [1.82, 2.24) is 15.2 Å². The Balaban J connectivity index is 0.00000243. The van der Waals surface area contributed by atoms with Gasteiger partial charge in [0.1, 0.15) is 0 Å². The largest absolute Gasteiger partial charge is 0.357 e. The van der Waals surface area contributed by atoms with E-state index in [1.807, 2.05) is 18.7 Å². The summed E-state index contributed by atoms with van der Waals surface area (Å²) in [4.78, 5) is 13.0. The zero-order valence-corrected chi connectivity index (χ0v) is 19.5. The summed E-state index contributed by atoms with van der Waals surface area (Å²) >= 11 is 3.67. The van der Waals surface area contributed by atoms with Gasteiger partial charge in [0.05, 0.1) is 23.8 Å². The zero-order chi connectivity index (χ0) is 17.7. The van der Waals surface area contributed by atoms with Crippen LogP contribution in [-0.2, 0) is 6.54 Å². The highest BCUT2D eigenvalue weighted by Gasteiger charge is 2.43. The summed E-state index contributed by atoms with van der Waals surface area (Å²) in [6.07, 6.45) is 2.48. The SMILES string of the molecule is CCNC(=NCC1(Sc2ccccc2)CC1)N(C)Cc1csc(C)n1.I. The molecule has 1 aromatic heterocycles. The normalized spacial score (nSPS) is 15.3. The molecule has 1 saturated carbocycles. The van der Waals surface area contributed by atoms with Crippen LogP contribution in [0.2, 0.25) is 0 Å². The van der Waals surface area contributed by atoms with E-state index in [0.717, 1.165) is 36.3 Å². The number of aliphatic imine (C=N–C) groups is 1. The minimum atomic E-state index is 0. The van der Waals surface area contributed by atoms with E-state index < -0.39 is 0 Å². The van der Waals surface area contributed by atoms with Gasteiger partial charge in [0.2, 0.25) is 0 Å². The van der Waals surface area contributed by atoms with Gasteiger partial charge in [-0.2, -0.15) is 0 Å². The molecule has 4 nitrogen and oxygen atoms in total. The molecule has 1 aliphatic carbocycles.